The molecule has 0 atom stereocenters. The number of hydrogen-bond acceptors (Lipinski definition) is 6. The lowest BCUT2D eigenvalue weighted by molar-refractivity contribution is 0.596. The zero-order valence-electron chi connectivity index (χ0n) is 9.19. The molecule has 0 aliphatic carbocycles. The summed E-state index contributed by atoms with van der Waals surface area (Å²) >= 11 is 7.17. The van der Waals surface area contributed by atoms with Crippen molar-refractivity contribution in [3.63, 3.8) is 0 Å². The summed E-state index contributed by atoms with van der Waals surface area (Å²) in [5.41, 5.74) is 0. The molecule has 3 rings (SSSR count). The van der Waals surface area contributed by atoms with E-state index in [0.29, 0.717) is 4.96 Å². The highest BCUT2D eigenvalue weighted by molar-refractivity contribution is 7.92. The summed E-state index contributed by atoms with van der Waals surface area (Å²) in [6.45, 7) is 0. The first kappa shape index (κ1) is 12.3. The summed E-state index contributed by atoms with van der Waals surface area (Å²) < 4.78 is 28.3. The number of sulfonamides is 1. The molecule has 3 aromatic rings. The van der Waals surface area contributed by atoms with Gasteiger partial charge in [-0.15, -0.1) is 16.4 Å². The van der Waals surface area contributed by atoms with Gasteiger partial charge in [-0.2, -0.15) is 13.5 Å². The molecule has 19 heavy (non-hydrogen) atoms. The normalized spacial score (nSPS) is 11.8. The fraction of sp³-hybridized carbons (Fsp3) is 0. The Kier molecular flexibility index (Phi) is 2.88. The van der Waals surface area contributed by atoms with E-state index in [4.69, 9.17) is 11.6 Å². The fourth-order valence-corrected chi connectivity index (χ4v) is 3.97. The van der Waals surface area contributed by atoms with Crippen LogP contribution in [0, 0.1) is 0 Å². The van der Waals surface area contributed by atoms with Crippen LogP contribution in [-0.4, -0.2) is 28.0 Å². The molecule has 0 aliphatic rings. The smallest absolute Gasteiger partial charge is 0.278 e. The Balaban J connectivity index is 2.10. The van der Waals surface area contributed by atoms with Crippen LogP contribution in [0.2, 0.25) is 5.15 Å². The Morgan fingerprint density at radius 3 is 3.00 bits per heavy atom. The molecule has 0 unspecified atom stereocenters. The van der Waals surface area contributed by atoms with Crippen LogP contribution >= 0.6 is 22.9 Å². The molecule has 10 heteroatoms. The molecular weight excluding hydrogens is 310 g/mol. The fourth-order valence-electron chi connectivity index (χ4n) is 1.52. The Bertz CT molecular complexity index is 827. The van der Waals surface area contributed by atoms with Gasteiger partial charge in [-0.05, 0) is 12.1 Å². The molecule has 3 heterocycles. The Labute approximate surface area is 116 Å². The van der Waals surface area contributed by atoms with E-state index in [1.807, 2.05) is 0 Å². The third-order valence-corrected chi connectivity index (χ3v) is 4.75. The van der Waals surface area contributed by atoms with Crippen LogP contribution in [0.3, 0.4) is 0 Å². The number of nitrogens with zero attached hydrogens (tertiary/aromatic N) is 4. The molecular formula is C9H6ClN5O2S2. The second kappa shape index (κ2) is 4.44. The van der Waals surface area contributed by atoms with Gasteiger partial charge in [-0.1, -0.05) is 11.6 Å². The van der Waals surface area contributed by atoms with E-state index in [-0.39, 0.29) is 16.0 Å². The van der Waals surface area contributed by atoms with Crippen LogP contribution in [0.4, 0.5) is 5.82 Å². The second-order valence-electron chi connectivity index (χ2n) is 3.48. The lowest BCUT2D eigenvalue weighted by atomic mass is 10.6. The average molecular weight is 316 g/mol. The highest BCUT2D eigenvalue weighted by atomic mass is 35.5. The molecule has 0 fully saturated rings. The minimum atomic E-state index is -3.87. The van der Waals surface area contributed by atoms with E-state index in [1.54, 1.807) is 17.6 Å². The van der Waals surface area contributed by atoms with Gasteiger partial charge in [-0.25, -0.2) is 4.98 Å². The Morgan fingerprint density at radius 2 is 2.26 bits per heavy atom. The number of imidazole rings is 1. The van der Waals surface area contributed by atoms with E-state index in [0.717, 1.165) is 0 Å². The van der Waals surface area contributed by atoms with E-state index in [9.17, 15) is 8.42 Å². The maximum Gasteiger partial charge on any atom is 0.282 e. The van der Waals surface area contributed by atoms with Gasteiger partial charge in [0.15, 0.2) is 21.0 Å². The first-order valence-electron chi connectivity index (χ1n) is 4.99. The van der Waals surface area contributed by atoms with Crippen molar-refractivity contribution in [2.45, 2.75) is 5.03 Å². The number of halogens is 1. The largest absolute Gasteiger partial charge is 0.282 e. The van der Waals surface area contributed by atoms with Gasteiger partial charge >= 0.3 is 0 Å². The van der Waals surface area contributed by atoms with Crippen molar-refractivity contribution < 1.29 is 8.42 Å². The maximum absolute atomic E-state index is 12.3. The topological polar surface area (TPSA) is 89.2 Å². The van der Waals surface area contributed by atoms with Crippen molar-refractivity contribution in [3.8, 4) is 0 Å². The first-order chi connectivity index (χ1) is 9.08. The monoisotopic (exact) mass is 315 g/mol. The van der Waals surface area contributed by atoms with Crippen LogP contribution in [0.25, 0.3) is 4.96 Å². The molecule has 0 saturated carbocycles. The highest BCUT2D eigenvalue weighted by Crippen LogP contribution is 2.26. The van der Waals surface area contributed by atoms with Crippen LogP contribution in [0.1, 0.15) is 0 Å². The predicted molar refractivity (Wildman–Crippen MR) is 70.9 cm³/mol. The molecule has 0 bridgehead atoms. The number of rotatable bonds is 3. The summed E-state index contributed by atoms with van der Waals surface area (Å²) in [7, 11) is -3.87. The molecule has 98 valence electrons. The minimum Gasteiger partial charge on any atom is -0.278 e. The molecule has 0 spiro atoms. The van der Waals surface area contributed by atoms with Crippen molar-refractivity contribution in [2.24, 2.45) is 0 Å². The maximum atomic E-state index is 12.3. The molecule has 1 N–H and O–H groups in total. The van der Waals surface area contributed by atoms with Crippen LogP contribution in [0.5, 0.6) is 0 Å². The van der Waals surface area contributed by atoms with E-state index >= 15 is 0 Å². The van der Waals surface area contributed by atoms with Crippen LogP contribution < -0.4 is 4.72 Å². The van der Waals surface area contributed by atoms with Crippen LogP contribution in [0.15, 0.2) is 34.9 Å². The minimum absolute atomic E-state index is 0.0803. The summed E-state index contributed by atoms with van der Waals surface area (Å²) in [4.78, 5) is 4.48. The summed E-state index contributed by atoms with van der Waals surface area (Å²) in [6, 6.07) is 3.06. The zero-order valence-corrected chi connectivity index (χ0v) is 11.6. The van der Waals surface area contributed by atoms with Gasteiger partial charge in [0.25, 0.3) is 10.0 Å². The molecule has 0 aromatic carbocycles. The Hall–Kier alpha value is -1.71. The molecule has 3 aromatic heterocycles. The number of aromatic nitrogens is 4. The third kappa shape index (κ3) is 2.15. The van der Waals surface area contributed by atoms with Gasteiger partial charge in [0.2, 0.25) is 0 Å². The van der Waals surface area contributed by atoms with Crippen molar-refractivity contribution in [2.75, 3.05) is 4.72 Å². The van der Waals surface area contributed by atoms with Gasteiger partial charge in [0, 0.05) is 17.8 Å². The lowest BCUT2D eigenvalue weighted by Crippen LogP contribution is -2.16. The lowest BCUT2D eigenvalue weighted by Gasteiger charge is -2.05. The number of nitrogens with one attached hydrogen (secondary N) is 1. The van der Waals surface area contributed by atoms with Crippen molar-refractivity contribution in [1.82, 2.24) is 19.6 Å². The summed E-state index contributed by atoms with van der Waals surface area (Å²) in [5, 5.41) is 8.78. The standard InChI is InChI=1S/C9H6ClN5O2S2/c10-7-8(15-4-5-18-9(15)12-7)19(16,17)14-6-2-1-3-11-13-6/h1-5H,(H,13,14). The average Bonchev–Trinajstić information content (AvgIpc) is 2.88. The highest BCUT2D eigenvalue weighted by Gasteiger charge is 2.25. The Morgan fingerprint density at radius 1 is 1.42 bits per heavy atom. The van der Waals surface area contributed by atoms with E-state index in [2.05, 4.69) is 19.9 Å². The second-order valence-corrected chi connectivity index (χ2v) is 6.31. The SMILES string of the molecule is O=S(=O)(Nc1cccnn1)c1c(Cl)nc2sccn12. The summed E-state index contributed by atoms with van der Waals surface area (Å²) in [5.74, 6) is 0.115. The molecule has 0 radical (unpaired) electrons. The van der Waals surface area contributed by atoms with Gasteiger partial charge in [0.1, 0.15) is 0 Å². The van der Waals surface area contributed by atoms with Crippen molar-refractivity contribution >= 4 is 43.7 Å². The van der Waals surface area contributed by atoms with Gasteiger partial charge in [-0.3, -0.25) is 9.12 Å². The molecule has 0 saturated heterocycles. The van der Waals surface area contributed by atoms with E-state index in [1.165, 1.54) is 28.0 Å². The number of thiazole rings is 1. The van der Waals surface area contributed by atoms with Gasteiger partial charge < -0.3 is 0 Å². The van der Waals surface area contributed by atoms with Gasteiger partial charge in [0.05, 0.1) is 0 Å². The van der Waals surface area contributed by atoms with Crippen molar-refractivity contribution in [1.29, 1.82) is 0 Å². The predicted octanol–water partition coefficient (Wildman–Crippen LogP) is 1.64. The number of anilines is 1. The first-order valence-corrected chi connectivity index (χ1v) is 7.73. The van der Waals surface area contributed by atoms with E-state index < -0.39 is 10.0 Å². The molecule has 7 nitrogen and oxygen atoms in total. The van der Waals surface area contributed by atoms with Crippen LogP contribution in [-0.2, 0) is 10.0 Å². The number of fused-ring (bicyclic) bond motifs is 1. The summed E-state index contributed by atoms with van der Waals surface area (Å²) in [6.07, 6.45) is 3.03. The quantitative estimate of drug-likeness (QED) is 0.793. The van der Waals surface area contributed by atoms with Crippen molar-refractivity contribution in [3.05, 3.63) is 35.1 Å². The third-order valence-electron chi connectivity index (χ3n) is 2.24. The zero-order chi connectivity index (χ0) is 13.5. The number of hydrogen-bond donors (Lipinski definition) is 1. The molecule has 0 aliphatic heterocycles. The molecule has 0 amide bonds.